The first-order chi connectivity index (χ1) is 12.3. The van der Waals surface area contributed by atoms with Crippen LogP contribution in [0.1, 0.15) is 32.8 Å². The lowest BCUT2D eigenvalue weighted by molar-refractivity contribution is -0.121. The van der Waals surface area contributed by atoms with Crippen molar-refractivity contribution in [2.75, 3.05) is 31.6 Å². The maximum atomic E-state index is 12.6. The summed E-state index contributed by atoms with van der Waals surface area (Å²) in [5.74, 6) is 0.281. The number of guanidine groups is 1. The zero-order valence-electron chi connectivity index (χ0n) is 16.5. The van der Waals surface area contributed by atoms with Crippen molar-refractivity contribution in [1.29, 1.82) is 0 Å². The zero-order valence-corrected chi connectivity index (χ0v) is 18.8. The third-order valence-corrected chi connectivity index (χ3v) is 3.97. The number of amides is 2. The van der Waals surface area contributed by atoms with Gasteiger partial charge in [0, 0.05) is 24.8 Å². The number of hydrogen-bond acceptors (Lipinski definition) is 3. The van der Waals surface area contributed by atoms with Crippen molar-refractivity contribution in [2.24, 2.45) is 4.99 Å². The normalized spacial score (nSPS) is 13.9. The number of nitrogens with zero attached hydrogens (tertiary/aromatic N) is 2. The molecule has 1 heterocycles. The fraction of sp³-hybridized carbons (Fsp3) is 0.526. The Hall–Kier alpha value is -1.84. The van der Waals surface area contributed by atoms with Gasteiger partial charge in [0.25, 0.3) is 0 Å². The molecule has 0 spiro atoms. The molecule has 7 nitrogen and oxygen atoms in total. The molecule has 1 aliphatic rings. The predicted octanol–water partition coefficient (Wildman–Crippen LogP) is 1.66. The van der Waals surface area contributed by atoms with Crippen LogP contribution < -0.4 is 20.9 Å². The third kappa shape index (κ3) is 7.36. The molecular formula is C19H30IN5O2. The number of hydrogen-bond donors (Lipinski definition) is 3. The first-order valence-corrected chi connectivity index (χ1v) is 8.94. The Morgan fingerprint density at radius 3 is 2.48 bits per heavy atom. The molecule has 0 unspecified atom stereocenters. The number of aryl methyl sites for hydroxylation is 1. The molecule has 27 heavy (non-hydrogen) atoms. The molecule has 1 aliphatic heterocycles. The lowest BCUT2D eigenvalue weighted by Gasteiger charge is -2.29. The van der Waals surface area contributed by atoms with Gasteiger partial charge in [-0.3, -0.25) is 14.6 Å². The fourth-order valence-electron chi connectivity index (χ4n) is 2.89. The van der Waals surface area contributed by atoms with Crippen molar-refractivity contribution < 1.29 is 9.59 Å². The number of carbonyl (C=O) groups excluding carboxylic acids is 2. The van der Waals surface area contributed by atoms with Crippen molar-refractivity contribution in [3.63, 3.8) is 0 Å². The second kappa shape index (κ2) is 10.5. The van der Waals surface area contributed by atoms with Crippen molar-refractivity contribution in [1.82, 2.24) is 16.0 Å². The lowest BCUT2D eigenvalue weighted by atomic mass is 10.0. The van der Waals surface area contributed by atoms with Gasteiger partial charge in [0.15, 0.2) is 5.96 Å². The van der Waals surface area contributed by atoms with Gasteiger partial charge in [0.1, 0.15) is 0 Å². The van der Waals surface area contributed by atoms with Crippen LogP contribution in [0.2, 0.25) is 0 Å². The van der Waals surface area contributed by atoms with E-state index in [4.69, 9.17) is 0 Å². The van der Waals surface area contributed by atoms with E-state index in [0.717, 1.165) is 25.1 Å². The van der Waals surface area contributed by atoms with Crippen LogP contribution in [-0.2, 0) is 16.0 Å². The Bertz CT molecular complexity index is 685. The van der Waals surface area contributed by atoms with E-state index in [1.165, 1.54) is 5.56 Å². The van der Waals surface area contributed by atoms with Crippen LogP contribution in [0.5, 0.6) is 0 Å². The van der Waals surface area contributed by atoms with Crippen LogP contribution in [0, 0.1) is 0 Å². The summed E-state index contributed by atoms with van der Waals surface area (Å²) in [5.41, 5.74) is 1.90. The number of carbonyl (C=O) groups is 2. The van der Waals surface area contributed by atoms with Crippen LogP contribution in [0.3, 0.4) is 0 Å². The number of nitrogens with one attached hydrogen (secondary N) is 3. The molecule has 2 amide bonds. The quantitative estimate of drug-likeness (QED) is 0.343. The van der Waals surface area contributed by atoms with Gasteiger partial charge in [0.05, 0.1) is 13.1 Å². The number of rotatable bonds is 4. The van der Waals surface area contributed by atoms with Gasteiger partial charge < -0.3 is 20.9 Å². The van der Waals surface area contributed by atoms with Gasteiger partial charge in [0.2, 0.25) is 11.8 Å². The SMILES string of the molecule is CN=C(NCC(=O)NC(C)(C)C)NCC(=O)N1CCCc2ccccc21.I. The highest BCUT2D eigenvalue weighted by Crippen LogP contribution is 2.26. The Labute approximate surface area is 178 Å². The van der Waals surface area contributed by atoms with Crippen molar-refractivity contribution in [2.45, 2.75) is 39.2 Å². The summed E-state index contributed by atoms with van der Waals surface area (Å²) in [6, 6.07) is 8.00. The molecule has 0 atom stereocenters. The molecule has 2 rings (SSSR count). The van der Waals surface area contributed by atoms with E-state index in [1.807, 2.05) is 43.9 Å². The van der Waals surface area contributed by atoms with Crippen LogP contribution >= 0.6 is 24.0 Å². The summed E-state index contributed by atoms with van der Waals surface area (Å²) in [6.07, 6.45) is 1.96. The minimum atomic E-state index is -0.284. The van der Waals surface area contributed by atoms with Gasteiger partial charge in [-0.2, -0.15) is 0 Å². The van der Waals surface area contributed by atoms with E-state index in [2.05, 4.69) is 27.0 Å². The topological polar surface area (TPSA) is 85.8 Å². The highest BCUT2D eigenvalue weighted by molar-refractivity contribution is 14.0. The highest BCUT2D eigenvalue weighted by atomic mass is 127. The molecule has 0 fully saturated rings. The molecule has 0 bridgehead atoms. The van der Waals surface area contributed by atoms with E-state index >= 15 is 0 Å². The van der Waals surface area contributed by atoms with Crippen LogP contribution in [0.15, 0.2) is 29.3 Å². The summed E-state index contributed by atoms with van der Waals surface area (Å²) < 4.78 is 0. The molecule has 1 aromatic rings. The number of fused-ring (bicyclic) bond motifs is 1. The molecule has 1 aromatic carbocycles. The maximum absolute atomic E-state index is 12.6. The molecule has 8 heteroatoms. The van der Waals surface area contributed by atoms with E-state index in [0.29, 0.717) is 5.96 Å². The van der Waals surface area contributed by atoms with Gasteiger partial charge in [-0.05, 0) is 45.2 Å². The zero-order chi connectivity index (χ0) is 19.2. The smallest absolute Gasteiger partial charge is 0.246 e. The van der Waals surface area contributed by atoms with Crippen LogP contribution in [0.4, 0.5) is 5.69 Å². The summed E-state index contributed by atoms with van der Waals surface area (Å²) in [7, 11) is 1.61. The molecule has 0 saturated carbocycles. The van der Waals surface area contributed by atoms with E-state index < -0.39 is 0 Å². The Morgan fingerprint density at radius 1 is 1.15 bits per heavy atom. The largest absolute Gasteiger partial charge is 0.350 e. The van der Waals surface area contributed by atoms with Gasteiger partial charge >= 0.3 is 0 Å². The summed E-state index contributed by atoms with van der Waals surface area (Å²) in [6.45, 7) is 6.71. The summed E-state index contributed by atoms with van der Waals surface area (Å²) in [4.78, 5) is 30.4. The monoisotopic (exact) mass is 487 g/mol. The molecular weight excluding hydrogens is 457 g/mol. The van der Waals surface area contributed by atoms with Gasteiger partial charge in [-0.1, -0.05) is 18.2 Å². The molecule has 0 radical (unpaired) electrons. The molecule has 150 valence electrons. The van der Waals surface area contributed by atoms with E-state index in [9.17, 15) is 9.59 Å². The van der Waals surface area contributed by atoms with Crippen molar-refractivity contribution in [3.05, 3.63) is 29.8 Å². The Balaban J connectivity index is 0.00000364. The predicted molar refractivity (Wildman–Crippen MR) is 120 cm³/mol. The summed E-state index contributed by atoms with van der Waals surface area (Å²) in [5, 5.41) is 8.78. The molecule has 0 aliphatic carbocycles. The first kappa shape index (κ1) is 23.2. The maximum Gasteiger partial charge on any atom is 0.246 e. The van der Waals surface area contributed by atoms with E-state index in [-0.39, 0.29) is 54.4 Å². The molecule has 0 saturated heterocycles. The Kier molecular flexibility index (Phi) is 9.01. The van der Waals surface area contributed by atoms with Crippen molar-refractivity contribution >= 4 is 47.4 Å². The number of para-hydroxylation sites is 1. The van der Waals surface area contributed by atoms with Gasteiger partial charge in [-0.25, -0.2) is 0 Å². The highest BCUT2D eigenvalue weighted by Gasteiger charge is 2.22. The number of anilines is 1. The van der Waals surface area contributed by atoms with Crippen LogP contribution in [0.25, 0.3) is 0 Å². The first-order valence-electron chi connectivity index (χ1n) is 8.94. The third-order valence-electron chi connectivity index (χ3n) is 3.97. The average Bonchev–Trinajstić information content (AvgIpc) is 2.59. The van der Waals surface area contributed by atoms with Crippen LogP contribution in [-0.4, -0.2) is 50.0 Å². The van der Waals surface area contributed by atoms with Gasteiger partial charge in [-0.15, -0.1) is 24.0 Å². The standard InChI is InChI=1S/C19H29N5O2.HI/c1-19(2,3)23-16(25)12-21-18(20-4)22-13-17(26)24-11-7-9-14-8-5-6-10-15(14)24;/h5-6,8,10H,7,9,11-13H2,1-4H3,(H,23,25)(H2,20,21,22);1H. The minimum absolute atomic E-state index is 0. The summed E-state index contributed by atoms with van der Waals surface area (Å²) >= 11 is 0. The molecule has 0 aromatic heterocycles. The Morgan fingerprint density at radius 2 is 1.81 bits per heavy atom. The fourth-order valence-corrected chi connectivity index (χ4v) is 2.89. The van der Waals surface area contributed by atoms with Crippen molar-refractivity contribution in [3.8, 4) is 0 Å². The number of halogens is 1. The number of aliphatic imine (C=N–C) groups is 1. The second-order valence-corrected chi connectivity index (χ2v) is 7.36. The lowest BCUT2D eigenvalue weighted by Crippen LogP contribution is -2.50. The number of benzene rings is 1. The minimum Gasteiger partial charge on any atom is -0.350 e. The molecule has 3 N–H and O–H groups in total. The second-order valence-electron chi connectivity index (χ2n) is 7.36. The van der Waals surface area contributed by atoms with E-state index in [1.54, 1.807) is 7.05 Å². The average molecular weight is 487 g/mol.